The van der Waals surface area contributed by atoms with E-state index in [2.05, 4.69) is 0 Å². The second-order valence-corrected chi connectivity index (χ2v) is 3.78. The van der Waals surface area contributed by atoms with Crippen LogP contribution in [0.3, 0.4) is 0 Å². The monoisotopic (exact) mass is 210 g/mol. The number of methoxy groups -OCH3 is 1. The van der Waals surface area contributed by atoms with Gasteiger partial charge in [0.1, 0.15) is 0 Å². The van der Waals surface area contributed by atoms with Gasteiger partial charge in [-0.3, -0.25) is 0 Å². The molecule has 15 heavy (non-hydrogen) atoms. The predicted octanol–water partition coefficient (Wildman–Crippen LogP) is 2.73. The average molecular weight is 210 g/mol. The molecular formula is C12H15FO2. The van der Waals surface area contributed by atoms with Crippen LogP contribution >= 0.6 is 0 Å². The molecule has 2 rings (SSSR count). The third-order valence-corrected chi connectivity index (χ3v) is 2.87. The van der Waals surface area contributed by atoms with E-state index in [0.29, 0.717) is 11.7 Å². The van der Waals surface area contributed by atoms with Gasteiger partial charge in [0, 0.05) is 13.2 Å². The van der Waals surface area contributed by atoms with Crippen LogP contribution in [0.15, 0.2) is 18.2 Å². The van der Waals surface area contributed by atoms with Crippen molar-refractivity contribution in [1.82, 2.24) is 0 Å². The van der Waals surface area contributed by atoms with Crippen LogP contribution in [-0.4, -0.2) is 20.3 Å². The van der Waals surface area contributed by atoms with Gasteiger partial charge in [-0.25, -0.2) is 4.39 Å². The lowest BCUT2D eigenvalue weighted by atomic mass is 9.92. The zero-order valence-electron chi connectivity index (χ0n) is 8.83. The van der Waals surface area contributed by atoms with E-state index in [9.17, 15) is 4.39 Å². The molecule has 1 aliphatic rings. The largest absolute Gasteiger partial charge is 0.494 e. The van der Waals surface area contributed by atoms with Crippen molar-refractivity contribution in [2.75, 3.05) is 20.3 Å². The molecule has 1 aromatic rings. The Labute approximate surface area is 89.0 Å². The van der Waals surface area contributed by atoms with Crippen LogP contribution in [0.2, 0.25) is 0 Å². The van der Waals surface area contributed by atoms with Crippen molar-refractivity contribution in [2.45, 2.75) is 18.8 Å². The first-order valence-electron chi connectivity index (χ1n) is 5.22. The molecule has 1 fully saturated rings. The fraction of sp³-hybridized carbons (Fsp3) is 0.500. The van der Waals surface area contributed by atoms with Crippen molar-refractivity contribution in [3.05, 3.63) is 29.6 Å². The van der Waals surface area contributed by atoms with Crippen molar-refractivity contribution < 1.29 is 13.9 Å². The first kappa shape index (κ1) is 10.4. The summed E-state index contributed by atoms with van der Waals surface area (Å²) in [5.41, 5.74) is 1.05. The zero-order valence-corrected chi connectivity index (χ0v) is 8.83. The molecule has 3 heteroatoms. The summed E-state index contributed by atoms with van der Waals surface area (Å²) >= 11 is 0. The van der Waals surface area contributed by atoms with Crippen LogP contribution in [0.4, 0.5) is 4.39 Å². The molecule has 2 nitrogen and oxygen atoms in total. The minimum atomic E-state index is -0.276. The highest BCUT2D eigenvalue weighted by Crippen LogP contribution is 2.29. The molecule has 0 N–H and O–H groups in total. The van der Waals surface area contributed by atoms with Gasteiger partial charge in [-0.15, -0.1) is 0 Å². The molecule has 1 aliphatic heterocycles. The predicted molar refractivity (Wildman–Crippen MR) is 55.7 cm³/mol. The highest BCUT2D eigenvalue weighted by molar-refractivity contribution is 5.31. The maximum absolute atomic E-state index is 13.4. The molecule has 0 amide bonds. The molecule has 0 atom stereocenters. The summed E-state index contributed by atoms with van der Waals surface area (Å²) in [6.45, 7) is 1.55. The van der Waals surface area contributed by atoms with Crippen LogP contribution in [0.5, 0.6) is 5.75 Å². The molecule has 82 valence electrons. The Morgan fingerprint density at radius 1 is 1.33 bits per heavy atom. The molecular weight excluding hydrogens is 195 g/mol. The van der Waals surface area contributed by atoms with Crippen LogP contribution in [-0.2, 0) is 4.74 Å². The van der Waals surface area contributed by atoms with Gasteiger partial charge < -0.3 is 9.47 Å². The number of benzene rings is 1. The molecule has 0 saturated carbocycles. The quantitative estimate of drug-likeness (QED) is 0.747. The summed E-state index contributed by atoms with van der Waals surface area (Å²) in [7, 11) is 1.48. The molecule has 0 aromatic heterocycles. The van der Waals surface area contributed by atoms with Crippen molar-refractivity contribution in [1.29, 1.82) is 0 Å². The summed E-state index contributed by atoms with van der Waals surface area (Å²) in [6.07, 6.45) is 1.96. The van der Waals surface area contributed by atoms with E-state index in [1.807, 2.05) is 6.07 Å². The lowest BCUT2D eigenvalue weighted by molar-refractivity contribution is 0.0852. The van der Waals surface area contributed by atoms with Gasteiger partial charge in [-0.05, 0) is 36.5 Å². The Kier molecular flexibility index (Phi) is 3.21. The van der Waals surface area contributed by atoms with Crippen LogP contribution in [0, 0.1) is 5.82 Å². The standard InChI is InChI=1S/C12H15FO2/c1-14-12-3-2-10(8-11(12)13)9-4-6-15-7-5-9/h2-3,8-9H,4-7H2,1H3. The van der Waals surface area contributed by atoms with Crippen molar-refractivity contribution in [2.24, 2.45) is 0 Å². The van der Waals surface area contributed by atoms with Gasteiger partial charge >= 0.3 is 0 Å². The van der Waals surface area contributed by atoms with Crippen molar-refractivity contribution in [3.8, 4) is 5.75 Å². The lowest BCUT2D eigenvalue weighted by Gasteiger charge is -2.22. The Balaban J connectivity index is 2.17. The maximum Gasteiger partial charge on any atom is 0.165 e. The van der Waals surface area contributed by atoms with E-state index in [1.165, 1.54) is 7.11 Å². The van der Waals surface area contributed by atoms with E-state index in [0.717, 1.165) is 31.6 Å². The smallest absolute Gasteiger partial charge is 0.165 e. The van der Waals surface area contributed by atoms with Crippen LogP contribution in [0.1, 0.15) is 24.3 Å². The summed E-state index contributed by atoms with van der Waals surface area (Å²) in [6, 6.07) is 5.22. The first-order chi connectivity index (χ1) is 7.31. The van der Waals surface area contributed by atoms with Gasteiger partial charge in [-0.1, -0.05) is 6.07 Å². The zero-order chi connectivity index (χ0) is 10.7. The first-order valence-corrected chi connectivity index (χ1v) is 5.22. The van der Waals surface area contributed by atoms with E-state index >= 15 is 0 Å². The second-order valence-electron chi connectivity index (χ2n) is 3.78. The Bertz CT molecular complexity index is 332. The van der Waals surface area contributed by atoms with E-state index in [-0.39, 0.29) is 5.82 Å². The van der Waals surface area contributed by atoms with Gasteiger partial charge in [0.05, 0.1) is 7.11 Å². The fourth-order valence-electron chi connectivity index (χ4n) is 1.97. The van der Waals surface area contributed by atoms with Crippen LogP contribution in [0.25, 0.3) is 0 Å². The van der Waals surface area contributed by atoms with Gasteiger partial charge in [0.2, 0.25) is 0 Å². The van der Waals surface area contributed by atoms with Gasteiger partial charge in [-0.2, -0.15) is 0 Å². The topological polar surface area (TPSA) is 18.5 Å². The minimum absolute atomic E-state index is 0.276. The fourth-order valence-corrected chi connectivity index (χ4v) is 1.97. The summed E-state index contributed by atoms with van der Waals surface area (Å²) in [5, 5.41) is 0. The number of hydrogen-bond donors (Lipinski definition) is 0. The Morgan fingerprint density at radius 3 is 2.67 bits per heavy atom. The lowest BCUT2D eigenvalue weighted by Crippen LogP contribution is -2.14. The number of halogens is 1. The van der Waals surface area contributed by atoms with E-state index < -0.39 is 0 Å². The van der Waals surface area contributed by atoms with Crippen molar-refractivity contribution in [3.63, 3.8) is 0 Å². The molecule has 1 aromatic carbocycles. The maximum atomic E-state index is 13.4. The van der Waals surface area contributed by atoms with Crippen LogP contribution < -0.4 is 4.74 Å². The molecule has 0 aliphatic carbocycles. The Morgan fingerprint density at radius 2 is 2.07 bits per heavy atom. The minimum Gasteiger partial charge on any atom is -0.494 e. The normalized spacial score (nSPS) is 17.7. The highest BCUT2D eigenvalue weighted by atomic mass is 19.1. The summed E-state index contributed by atoms with van der Waals surface area (Å²) in [5.74, 6) is 0.464. The molecule has 0 unspecified atom stereocenters. The number of ether oxygens (including phenoxy) is 2. The third-order valence-electron chi connectivity index (χ3n) is 2.87. The van der Waals surface area contributed by atoms with E-state index in [4.69, 9.17) is 9.47 Å². The molecule has 1 heterocycles. The third kappa shape index (κ3) is 2.29. The average Bonchev–Trinajstić information content (AvgIpc) is 2.30. The van der Waals surface area contributed by atoms with Gasteiger partial charge in [0.25, 0.3) is 0 Å². The van der Waals surface area contributed by atoms with E-state index in [1.54, 1.807) is 12.1 Å². The van der Waals surface area contributed by atoms with Gasteiger partial charge in [0.15, 0.2) is 11.6 Å². The molecule has 0 spiro atoms. The highest BCUT2D eigenvalue weighted by Gasteiger charge is 2.17. The number of rotatable bonds is 2. The number of hydrogen-bond acceptors (Lipinski definition) is 2. The Hall–Kier alpha value is -1.09. The molecule has 0 radical (unpaired) electrons. The SMILES string of the molecule is COc1ccc(C2CCOCC2)cc1F. The summed E-state index contributed by atoms with van der Waals surface area (Å²) in [4.78, 5) is 0. The summed E-state index contributed by atoms with van der Waals surface area (Å²) < 4.78 is 23.6. The van der Waals surface area contributed by atoms with Crippen molar-refractivity contribution >= 4 is 0 Å². The molecule has 1 saturated heterocycles. The second kappa shape index (κ2) is 4.62. The molecule has 0 bridgehead atoms.